The Hall–Kier alpha value is -4.23. The number of nitrogens with one attached hydrogen (secondary N) is 1. The zero-order chi connectivity index (χ0) is 26.9. The lowest BCUT2D eigenvalue weighted by Crippen LogP contribution is -2.21. The SMILES string of the molecule is CCOC(=O)c1c(/N=c2\oc3ccc4ccccc4c3cc2C(=O)Nc2cccc(C)c2)sc2c1CCCC2. The van der Waals surface area contributed by atoms with E-state index in [-0.39, 0.29) is 24.0 Å². The van der Waals surface area contributed by atoms with Gasteiger partial charge in [0.15, 0.2) is 0 Å². The molecule has 6 rings (SSSR count). The summed E-state index contributed by atoms with van der Waals surface area (Å²) in [6.45, 7) is 4.05. The second kappa shape index (κ2) is 10.5. The van der Waals surface area contributed by atoms with E-state index in [2.05, 4.69) is 5.32 Å². The van der Waals surface area contributed by atoms with Crippen LogP contribution in [-0.4, -0.2) is 18.5 Å². The minimum atomic E-state index is -0.381. The number of hydrogen-bond donors (Lipinski definition) is 1. The molecule has 0 unspecified atom stereocenters. The first-order valence-electron chi connectivity index (χ1n) is 13.2. The highest BCUT2D eigenvalue weighted by molar-refractivity contribution is 7.16. The molecule has 0 saturated heterocycles. The fraction of sp³-hybridized carbons (Fsp3) is 0.219. The molecule has 2 aromatic heterocycles. The first kappa shape index (κ1) is 25.1. The Morgan fingerprint density at radius 1 is 1.00 bits per heavy atom. The Kier molecular flexibility index (Phi) is 6.75. The second-order valence-corrected chi connectivity index (χ2v) is 10.8. The molecule has 0 spiro atoms. The molecule has 0 bridgehead atoms. The minimum absolute atomic E-state index is 0.159. The van der Waals surface area contributed by atoms with Crippen LogP contribution < -0.4 is 10.9 Å². The van der Waals surface area contributed by atoms with Crippen molar-refractivity contribution in [1.29, 1.82) is 0 Å². The molecule has 196 valence electrons. The van der Waals surface area contributed by atoms with Crippen LogP contribution in [0.5, 0.6) is 0 Å². The van der Waals surface area contributed by atoms with E-state index in [1.165, 1.54) is 11.3 Å². The van der Waals surface area contributed by atoms with Crippen LogP contribution in [0.1, 0.15) is 56.5 Å². The van der Waals surface area contributed by atoms with Crippen LogP contribution in [0, 0.1) is 6.92 Å². The molecule has 5 aromatic rings. The average molecular weight is 537 g/mol. The van der Waals surface area contributed by atoms with Gasteiger partial charge in [-0.05, 0) is 85.7 Å². The van der Waals surface area contributed by atoms with Gasteiger partial charge in [-0.3, -0.25) is 4.79 Å². The monoisotopic (exact) mass is 536 g/mol. The van der Waals surface area contributed by atoms with Gasteiger partial charge in [0.05, 0.1) is 12.2 Å². The molecule has 1 aliphatic rings. The number of rotatable bonds is 5. The van der Waals surface area contributed by atoms with Crippen molar-refractivity contribution in [2.75, 3.05) is 11.9 Å². The van der Waals surface area contributed by atoms with E-state index < -0.39 is 0 Å². The fourth-order valence-corrected chi connectivity index (χ4v) is 6.43. The van der Waals surface area contributed by atoms with Crippen molar-refractivity contribution >= 4 is 55.6 Å². The van der Waals surface area contributed by atoms with Gasteiger partial charge in [-0.25, -0.2) is 9.79 Å². The van der Waals surface area contributed by atoms with Crippen molar-refractivity contribution in [1.82, 2.24) is 0 Å². The maximum Gasteiger partial charge on any atom is 0.341 e. The zero-order valence-corrected chi connectivity index (χ0v) is 22.7. The summed E-state index contributed by atoms with van der Waals surface area (Å²) in [5.74, 6) is -0.717. The van der Waals surface area contributed by atoms with Crippen LogP contribution in [0.2, 0.25) is 0 Å². The first-order valence-corrected chi connectivity index (χ1v) is 14.0. The molecule has 1 aliphatic carbocycles. The standard InChI is InChI=1S/C32H28N2O4S/c1-3-37-32(36)28-23-13-6-7-14-27(23)39-31(28)34-30-25(29(35)33-21-11-8-9-19(2)17-21)18-24-22-12-5-4-10-20(22)15-16-26(24)38-30/h4-5,8-12,15-18H,3,6-7,13-14H2,1-2H3,(H,33,35)/b34-30-. The fourth-order valence-electron chi connectivity index (χ4n) is 5.18. The molecular weight excluding hydrogens is 508 g/mol. The van der Waals surface area contributed by atoms with E-state index in [0.717, 1.165) is 57.8 Å². The van der Waals surface area contributed by atoms with Gasteiger partial charge in [0.1, 0.15) is 16.1 Å². The summed E-state index contributed by atoms with van der Waals surface area (Å²) in [6.07, 6.45) is 3.82. The third kappa shape index (κ3) is 4.86. The number of carbonyl (C=O) groups is 2. The van der Waals surface area contributed by atoms with Crippen LogP contribution in [-0.2, 0) is 17.6 Å². The number of thiophene rings is 1. The summed E-state index contributed by atoms with van der Waals surface area (Å²) in [7, 11) is 0. The molecule has 2 heterocycles. The molecule has 1 N–H and O–H groups in total. The van der Waals surface area contributed by atoms with Gasteiger partial charge in [0.25, 0.3) is 5.91 Å². The number of nitrogens with zero attached hydrogens (tertiary/aromatic N) is 1. The van der Waals surface area contributed by atoms with Gasteiger partial charge in [-0.2, -0.15) is 0 Å². The predicted octanol–water partition coefficient (Wildman–Crippen LogP) is 7.50. The summed E-state index contributed by atoms with van der Waals surface area (Å²) in [5.41, 5.74) is 4.29. The smallest absolute Gasteiger partial charge is 0.341 e. The Morgan fingerprint density at radius 2 is 1.85 bits per heavy atom. The van der Waals surface area contributed by atoms with Gasteiger partial charge in [-0.1, -0.05) is 42.5 Å². The Labute approximate surface area is 230 Å². The van der Waals surface area contributed by atoms with Gasteiger partial charge < -0.3 is 14.5 Å². The summed E-state index contributed by atoms with van der Waals surface area (Å²) in [4.78, 5) is 32.8. The third-order valence-corrected chi connectivity index (χ3v) is 8.20. The van der Waals surface area contributed by atoms with Gasteiger partial charge in [0.2, 0.25) is 5.55 Å². The van der Waals surface area contributed by atoms with Crippen LogP contribution >= 0.6 is 11.3 Å². The molecule has 0 saturated carbocycles. The molecule has 0 atom stereocenters. The number of carbonyl (C=O) groups excluding carboxylic acids is 2. The number of ether oxygens (including phenoxy) is 1. The summed E-state index contributed by atoms with van der Waals surface area (Å²) >= 11 is 1.49. The van der Waals surface area contributed by atoms with Crippen molar-refractivity contribution in [3.63, 3.8) is 0 Å². The van der Waals surface area contributed by atoms with Crippen molar-refractivity contribution in [3.8, 4) is 0 Å². The Morgan fingerprint density at radius 3 is 2.69 bits per heavy atom. The number of amides is 1. The maximum absolute atomic E-state index is 13.7. The second-order valence-electron chi connectivity index (χ2n) is 9.71. The van der Waals surface area contributed by atoms with Crippen LogP contribution in [0.15, 0.2) is 76.1 Å². The highest BCUT2D eigenvalue weighted by Gasteiger charge is 2.27. The minimum Gasteiger partial charge on any atom is -0.462 e. The summed E-state index contributed by atoms with van der Waals surface area (Å²) in [5, 5.41) is 6.36. The number of benzene rings is 3. The highest BCUT2D eigenvalue weighted by Crippen LogP contribution is 2.40. The number of anilines is 1. The van der Waals surface area contributed by atoms with Crippen molar-refractivity contribution in [2.24, 2.45) is 4.99 Å². The average Bonchev–Trinajstić information content (AvgIpc) is 3.30. The molecule has 7 heteroatoms. The topological polar surface area (TPSA) is 80.9 Å². The lowest BCUT2D eigenvalue weighted by Gasteiger charge is -2.12. The lowest BCUT2D eigenvalue weighted by atomic mass is 9.95. The van der Waals surface area contributed by atoms with Gasteiger partial charge >= 0.3 is 5.97 Å². The number of esters is 1. The molecule has 0 radical (unpaired) electrons. The zero-order valence-electron chi connectivity index (χ0n) is 21.9. The molecule has 39 heavy (non-hydrogen) atoms. The number of aryl methyl sites for hydroxylation is 2. The van der Waals surface area contributed by atoms with Gasteiger partial charge in [0, 0.05) is 16.0 Å². The van der Waals surface area contributed by atoms with E-state index in [9.17, 15) is 9.59 Å². The normalized spacial score (nSPS) is 13.4. The van der Waals surface area contributed by atoms with Gasteiger partial charge in [-0.15, -0.1) is 11.3 Å². The van der Waals surface area contributed by atoms with E-state index in [1.54, 1.807) is 6.92 Å². The van der Waals surface area contributed by atoms with Crippen LogP contribution in [0.4, 0.5) is 10.7 Å². The predicted molar refractivity (Wildman–Crippen MR) is 155 cm³/mol. The van der Waals surface area contributed by atoms with E-state index in [1.807, 2.05) is 73.7 Å². The quantitative estimate of drug-likeness (QED) is 0.186. The first-order chi connectivity index (χ1) is 19.0. The highest BCUT2D eigenvalue weighted by atomic mass is 32.1. The molecule has 0 aliphatic heterocycles. The van der Waals surface area contributed by atoms with E-state index >= 15 is 0 Å². The maximum atomic E-state index is 13.7. The molecule has 6 nitrogen and oxygen atoms in total. The summed E-state index contributed by atoms with van der Waals surface area (Å²) in [6, 6.07) is 21.3. The van der Waals surface area contributed by atoms with Crippen molar-refractivity contribution in [2.45, 2.75) is 39.5 Å². The Bertz CT molecular complexity index is 1810. The summed E-state index contributed by atoms with van der Waals surface area (Å²) < 4.78 is 11.8. The van der Waals surface area contributed by atoms with Crippen LogP contribution in [0.3, 0.4) is 0 Å². The molecule has 0 fully saturated rings. The van der Waals surface area contributed by atoms with E-state index in [4.69, 9.17) is 14.1 Å². The van der Waals surface area contributed by atoms with Crippen molar-refractivity contribution < 1.29 is 18.7 Å². The number of hydrogen-bond acceptors (Lipinski definition) is 6. The van der Waals surface area contributed by atoms with Crippen LogP contribution in [0.25, 0.3) is 21.7 Å². The van der Waals surface area contributed by atoms with Crippen molar-refractivity contribution in [3.05, 3.63) is 99.4 Å². The number of fused-ring (bicyclic) bond motifs is 4. The Balaban J connectivity index is 1.58. The lowest BCUT2D eigenvalue weighted by molar-refractivity contribution is 0.0526. The molecule has 3 aromatic carbocycles. The third-order valence-electron chi connectivity index (χ3n) is 7.01. The van der Waals surface area contributed by atoms with E-state index in [0.29, 0.717) is 27.4 Å². The largest absolute Gasteiger partial charge is 0.462 e. The molecular formula is C32H28N2O4S. The molecule has 1 amide bonds.